The fourth-order valence-electron chi connectivity index (χ4n) is 3.37. The normalized spacial score (nSPS) is 13.7. The Morgan fingerprint density at radius 3 is 2.41 bits per heavy atom. The van der Waals surface area contributed by atoms with E-state index in [2.05, 4.69) is 12.2 Å². The molecule has 0 aromatic heterocycles. The number of rotatable bonds is 9. The van der Waals surface area contributed by atoms with Crippen molar-refractivity contribution >= 4 is 23.3 Å². The summed E-state index contributed by atoms with van der Waals surface area (Å²) in [5.41, 5.74) is 2.83. The third kappa shape index (κ3) is 5.50. The van der Waals surface area contributed by atoms with Crippen molar-refractivity contribution in [1.29, 1.82) is 0 Å². The van der Waals surface area contributed by atoms with E-state index in [0.717, 1.165) is 36.4 Å². The molecule has 2 aromatic rings. The molecule has 1 N–H and O–H groups in total. The van der Waals surface area contributed by atoms with Crippen molar-refractivity contribution in [3.8, 4) is 5.75 Å². The van der Waals surface area contributed by atoms with Crippen molar-refractivity contribution in [3.63, 3.8) is 0 Å². The average molecular weight is 396 g/mol. The predicted octanol–water partition coefficient (Wildman–Crippen LogP) is 4.31. The zero-order valence-corrected chi connectivity index (χ0v) is 17.2. The molecule has 1 saturated heterocycles. The van der Waals surface area contributed by atoms with Crippen LogP contribution in [0, 0.1) is 0 Å². The molecule has 0 atom stereocenters. The third-order valence-corrected chi connectivity index (χ3v) is 4.95. The molecule has 2 aromatic carbocycles. The molecular weight excluding hydrogens is 366 g/mol. The number of carbonyl (C=O) groups is 2. The van der Waals surface area contributed by atoms with Crippen LogP contribution in [-0.2, 0) is 11.2 Å². The van der Waals surface area contributed by atoms with Crippen molar-refractivity contribution < 1.29 is 14.3 Å². The van der Waals surface area contributed by atoms with E-state index in [-0.39, 0.29) is 18.5 Å². The number of nitrogens with one attached hydrogen (secondary N) is 1. The largest absolute Gasteiger partial charge is 0.494 e. The summed E-state index contributed by atoms with van der Waals surface area (Å²) in [5.74, 6) is 0.591. The maximum atomic E-state index is 12.7. The summed E-state index contributed by atoms with van der Waals surface area (Å²) in [6.07, 6.45) is 3.37. The summed E-state index contributed by atoms with van der Waals surface area (Å²) in [5, 5.41) is 2.88. The summed E-state index contributed by atoms with van der Waals surface area (Å²) in [4.78, 5) is 28.3. The highest BCUT2D eigenvalue weighted by molar-refractivity contribution is 5.99. The van der Waals surface area contributed by atoms with Gasteiger partial charge in [0.25, 0.3) is 0 Å². The minimum Gasteiger partial charge on any atom is -0.494 e. The predicted molar refractivity (Wildman–Crippen MR) is 116 cm³/mol. The van der Waals surface area contributed by atoms with E-state index in [4.69, 9.17) is 4.74 Å². The van der Waals surface area contributed by atoms with Crippen molar-refractivity contribution in [2.45, 2.75) is 33.1 Å². The second-order valence-corrected chi connectivity index (χ2v) is 7.13. The number of aryl methyl sites for hydroxylation is 1. The third-order valence-electron chi connectivity index (χ3n) is 4.95. The summed E-state index contributed by atoms with van der Waals surface area (Å²) >= 11 is 0. The van der Waals surface area contributed by atoms with Gasteiger partial charge in [-0.1, -0.05) is 25.5 Å². The van der Waals surface area contributed by atoms with Gasteiger partial charge in [-0.25, -0.2) is 4.79 Å². The molecule has 1 fully saturated rings. The minimum atomic E-state index is -0.187. The Morgan fingerprint density at radius 1 is 1.03 bits per heavy atom. The first-order chi connectivity index (χ1) is 14.1. The number of ether oxygens (including phenoxy) is 1. The minimum absolute atomic E-state index is 0.0456. The van der Waals surface area contributed by atoms with Crippen LogP contribution in [0.5, 0.6) is 5.75 Å². The number of urea groups is 1. The fourth-order valence-corrected chi connectivity index (χ4v) is 3.37. The van der Waals surface area contributed by atoms with Crippen LogP contribution in [0.1, 0.15) is 32.3 Å². The summed E-state index contributed by atoms with van der Waals surface area (Å²) in [6, 6.07) is 15.2. The first kappa shape index (κ1) is 20.7. The number of unbranched alkanes of at least 4 members (excludes halogenated alkanes) is 1. The smallest absolute Gasteiger partial charge is 0.325 e. The molecule has 1 aliphatic heterocycles. The first-order valence-electron chi connectivity index (χ1n) is 10.3. The molecule has 3 rings (SSSR count). The molecular formula is C23H29N3O3. The maximum Gasteiger partial charge on any atom is 0.325 e. The molecule has 0 bridgehead atoms. The Kier molecular flexibility index (Phi) is 7.11. The molecule has 3 amide bonds. The van der Waals surface area contributed by atoms with Crippen LogP contribution in [0.2, 0.25) is 0 Å². The van der Waals surface area contributed by atoms with E-state index in [1.54, 1.807) is 9.80 Å². The van der Waals surface area contributed by atoms with Gasteiger partial charge in [-0.2, -0.15) is 0 Å². The number of anilines is 2. The van der Waals surface area contributed by atoms with Crippen LogP contribution < -0.4 is 15.0 Å². The standard InChI is InChI=1S/C23H29N3O3/c1-3-5-6-18-7-9-19(10-8-18)24-22(27)17-25-15-16-26(23(25)28)20-11-13-21(14-12-20)29-4-2/h7-14H,3-6,15-17H2,1-2H3,(H,24,27). The fraction of sp³-hybridized carbons (Fsp3) is 0.391. The quantitative estimate of drug-likeness (QED) is 0.688. The van der Waals surface area contributed by atoms with Crippen molar-refractivity contribution in [2.75, 3.05) is 36.5 Å². The molecule has 6 nitrogen and oxygen atoms in total. The molecule has 0 unspecified atom stereocenters. The molecule has 0 saturated carbocycles. The van der Waals surface area contributed by atoms with Crippen molar-refractivity contribution in [1.82, 2.24) is 4.90 Å². The summed E-state index contributed by atoms with van der Waals surface area (Å²) < 4.78 is 5.44. The monoisotopic (exact) mass is 395 g/mol. The van der Waals surface area contributed by atoms with Gasteiger partial charge < -0.3 is 15.0 Å². The van der Waals surface area contributed by atoms with E-state index in [0.29, 0.717) is 19.7 Å². The summed E-state index contributed by atoms with van der Waals surface area (Å²) in [7, 11) is 0. The number of hydrogen-bond acceptors (Lipinski definition) is 3. The zero-order valence-electron chi connectivity index (χ0n) is 17.2. The second-order valence-electron chi connectivity index (χ2n) is 7.13. The van der Waals surface area contributed by atoms with Gasteiger partial charge in [0, 0.05) is 24.5 Å². The van der Waals surface area contributed by atoms with Crippen LogP contribution in [0.25, 0.3) is 0 Å². The van der Waals surface area contributed by atoms with Crippen LogP contribution in [0.3, 0.4) is 0 Å². The van der Waals surface area contributed by atoms with Gasteiger partial charge in [0.1, 0.15) is 12.3 Å². The Labute approximate surface area is 172 Å². The van der Waals surface area contributed by atoms with Crippen molar-refractivity contribution in [3.05, 3.63) is 54.1 Å². The number of carbonyl (C=O) groups excluding carboxylic acids is 2. The lowest BCUT2D eigenvalue weighted by atomic mass is 10.1. The highest BCUT2D eigenvalue weighted by Crippen LogP contribution is 2.23. The first-order valence-corrected chi connectivity index (χ1v) is 10.3. The van der Waals surface area contributed by atoms with E-state index < -0.39 is 0 Å². The highest BCUT2D eigenvalue weighted by atomic mass is 16.5. The zero-order chi connectivity index (χ0) is 20.6. The van der Waals surface area contributed by atoms with Gasteiger partial charge in [0.15, 0.2) is 0 Å². The van der Waals surface area contributed by atoms with E-state index in [1.165, 1.54) is 5.56 Å². The Morgan fingerprint density at radius 2 is 1.76 bits per heavy atom. The van der Waals surface area contributed by atoms with Gasteiger partial charge in [0.05, 0.1) is 6.61 Å². The van der Waals surface area contributed by atoms with E-state index in [9.17, 15) is 9.59 Å². The molecule has 1 aliphatic rings. The molecule has 1 heterocycles. The average Bonchev–Trinajstić information content (AvgIpc) is 3.08. The lowest BCUT2D eigenvalue weighted by molar-refractivity contribution is -0.116. The highest BCUT2D eigenvalue weighted by Gasteiger charge is 2.30. The maximum absolute atomic E-state index is 12.7. The molecule has 6 heteroatoms. The van der Waals surface area contributed by atoms with Crippen LogP contribution >= 0.6 is 0 Å². The molecule has 0 spiro atoms. The lowest BCUT2D eigenvalue weighted by Crippen LogP contribution is -2.37. The van der Waals surface area contributed by atoms with Crippen LogP contribution in [0.15, 0.2) is 48.5 Å². The van der Waals surface area contributed by atoms with Gasteiger partial charge in [-0.15, -0.1) is 0 Å². The van der Waals surface area contributed by atoms with Gasteiger partial charge in [0.2, 0.25) is 5.91 Å². The van der Waals surface area contributed by atoms with Gasteiger partial charge in [-0.05, 0) is 61.7 Å². The molecule has 154 valence electrons. The van der Waals surface area contributed by atoms with Crippen molar-refractivity contribution in [2.24, 2.45) is 0 Å². The van der Waals surface area contributed by atoms with Gasteiger partial charge in [-0.3, -0.25) is 9.69 Å². The van der Waals surface area contributed by atoms with E-state index in [1.807, 2.05) is 55.5 Å². The summed E-state index contributed by atoms with van der Waals surface area (Å²) in [6.45, 7) is 5.84. The SMILES string of the molecule is CCCCc1ccc(NC(=O)CN2CCN(c3ccc(OCC)cc3)C2=O)cc1. The molecule has 29 heavy (non-hydrogen) atoms. The second kappa shape index (κ2) is 9.96. The Hall–Kier alpha value is -3.02. The Bertz CT molecular complexity index is 818. The molecule has 0 radical (unpaired) electrons. The van der Waals surface area contributed by atoms with E-state index >= 15 is 0 Å². The number of hydrogen-bond donors (Lipinski definition) is 1. The Balaban J connectivity index is 1.52. The van der Waals surface area contributed by atoms with Crippen LogP contribution in [0.4, 0.5) is 16.2 Å². The number of nitrogens with zero attached hydrogens (tertiary/aromatic N) is 2. The van der Waals surface area contributed by atoms with Gasteiger partial charge >= 0.3 is 6.03 Å². The number of benzene rings is 2. The molecule has 0 aliphatic carbocycles. The number of amides is 3. The topological polar surface area (TPSA) is 61.9 Å². The van der Waals surface area contributed by atoms with Crippen LogP contribution in [-0.4, -0.2) is 43.1 Å². The lowest BCUT2D eigenvalue weighted by Gasteiger charge is -2.19.